The molecule has 1 rings (SSSR count). The minimum absolute atomic E-state index is 0.184. The highest BCUT2D eigenvalue weighted by atomic mass is 35.5. The molecule has 0 aliphatic heterocycles. The van der Waals surface area contributed by atoms with Crippen molar-refractivity contribution in [2.75, 3.05) is 0 Å². The van der Waals surface area contributed by atoms with Crippen molar-refractivity contribution in [1.82, 2.24) is 9.78 Å². The zero-order valence-electron chi connectivity index (χ0n) is 6.87. The molecule has 0 unspecified atom stereocenters. The largest absolute Gasteiger partial charge is 0.350 e. The Balaban J connectivity index is 3.25. The summed E-state index contributed by atoms with van der Waals surface area (Å²) in [6, 6.07) is 0. The van der Waals surface area contributed by atoms with E-state index in [0.29, 0.717) is 13.0 Å². The van der Waals surface area contributed by atoms with Crippen molar-refractivity contribution in [2.24, 2.45) is 0 Å². The minimum Gasteiger partial charge on any atom is -0.251 e. The van der Waals surface area contributed by atoms with Crippen molar-refractivity contribution >= 4 is 21.8 Å². The molecule has 13 heavy (non-hydrogen) atoms. The molecule has 4 nitrogen and oxygen atoms in total. The van der Waals surface area contributed by atoms with Gasteiger partial charge in [0.2, 0.25) is 5.03 Å². The third-order valence-electron chi connectivity index (χ3n) is 1.42. The summed E-state index contributed by atoms with van der Waals surface area (Å²) in [7, 11) is -4.77. The number of hydrogen-bond donors (Lipinski definition) is 0. The van der Waals surface area contributed by atoms with Crippen LogP contribution in [0.15, 0.2) is 11.2 Å². The highest BCUT2D eigenvalue weighted by molar-refractivity contribution is 7.86. The van der Waals surface area contributed by atoms with Gasteiger partial charge in [0.15, 0.2) is 0 Å². The second-order valence-corrected chi connectivity index (χ2v) is 4.13. The molecule has 0 saturated carbocycles. The molecule has 0 aliphatic carbocycles. The second kappa shape index (κ2) is 3.63. The molecule has 0 atom stereocenters. The summed E-state index contributed by atoms with van der Waals surface area (Å²) < 4.78 is 34.9. The molecule has 0 aliphatic rings. The van der Waals surface area contributed by atoms with Crippen LogP contribution >= 0.6 is 11.6 Å². The molecule has 1 aromatic rings. The summed E-state index contributed by atoms with van der Waals surface area (Å²) in [6.07, 6.45) is 1.77. The summed E-state index contributed by atoms with van der Waals surface area (Å²) in [5.41, 5.74) is 0. The predicted octanol–water partition coefficient (Wildman–Crippen LogP) is 1.60. The van der Waals surface area contributed by atoms with E-state index in [0.717, 1.165) is 10.9 Å². The number of aromatic nitrogens is 2. The van der Waals surface area contributed by atoms with Gasteiger partial charge in [-0.3, -0.25) is 4.68 Å². The van der Waals surface area contributed by atoms with E-state index in [9.17, 15) is 12.3 Å². The zero-order chi connectivity index (χ0) is 10.1. The first-order valence-electron chi connectivity index (χ1n) is 3.62. The topological polar surface area (TPSA) is 52.0 Å². The molecule has 1 aromatic heterocycles. The molecule has 0 N–H and O–H groups in total. The van der Waals surface area contributed by atoms with Crippen LogP contribution in [-0.4, -0.2) is 18.2 Å². The smallest absolute Gasteiger partial charge is 0.251 e. The van der Waals surface area contributed by atoms with Gasteiger partial charge >= 0.3 is 10.2 Å². The molecule has 0 fully saturated rings. The Bertz CT molecular complexity index is 401. The Hall–Kier alpha value is -0.620. The first kappa shape index (κ1) is 10.5. The first-order chi connectivity index (χ1) is 5.96. The molecule has 0 aromatic carbocycles. The van der Waals surface area contributed by atoms with Crippen molar-refractivity contribution in [3.8, 4) is 0 Å². The van der Waals surface area contributed by atoms with Crippen LogP contribution in [0.4, 0.5) is 3.89 Å². The van der Waals surface area contributed by atoms with E-state index in [-0.39, 0.29) is 5.02 Å². The van der Waals surface area contributed by atoms with E-state index < -0.39 is 15.2 Å². The van der Waals surface area contributed by atoms with Gasteiger partial charge in [-0.15, -0.1) is 0 Å². The lowest BCUT2D eigenvalue weighted by atomic mass is 10.5. The molecule has 74 valence electrons. The van der Waals surface area contributed by atoms with Crippen LogP contribution in [0.5, 0.6) is 0 Å². The average Bonchev–Trinajstić information content (AvgIpc) is 2.31. The number of nitrogens with zero attached hydrogens (tertiary/aromatic N) is 2. The normalized spacial score (nSPS) is 11.9. The average molecular weight is 227 g/mol. The van der Waals surface area contributed by atoms with Gasteiger partial charge in [-0.25, -0.2) is 0 Å². The van der Waals surface area contributed by atoms with E-state index in [1.165, 1.54) is 0 Å². The Morgan fingerprint density at radius 1 is 1.69 bits per heavy atom. The lowest BCUT2D eigenvalue weighted by Gasteiger charge is -2.01. The van der Waals surface area contributed by atoms with Gasteiger partial charge in [0.05, 0.1) is 6.20 Å². The maximum atomic E-state index is 12.6. The summed E-state index contributed by atoms with van der Waals surface area (Å²) in [5.74, 6) is 0. The van der Waals surface area contributed by atoms with Crippen LogP contribution in [0.1, 0.15) is 13.3 Å². The van der Waals surface area contributed by atoms with E-state index >= 15 is 0 Å². The van der Waals surface area contributed by atoms with Crippen LogP contribution in [0.2, 0.25) is 5.02 Å². The Morgan fingerprint density at radius 2 is 2.31 bits per heavy atom. The zero-order valence-corrected chi connectivity index (χ0v) is 8.44. The van der Waals surface area contributed by atoms with E-state index in [1.807, 2.05) is 6.92 Å². The highest BCUT2D eigenvalue weighted by Gasteiger charge is 2.22. The van der Waals surface area contributed by atoms with Crippen LogP contribution in [-0.2, 0) is 16.8 Å². The predicted molar refractivity (Wildman–Crippen MR) is 45.8 cm³/mol. The van der Waals surface area contributed by atoms with Crippen LogP contribution in [0.3, 0.4) is 0 Å². The number of halogens is 2. The van der Waals surface area contributed by atoms with Crippen LogP contribution in [0, 0.1) is 0 Å². The first-order valence-corrected chi connectivity index (χ1v) is 5.39. The molecule has 7 heteroatoms. The molecule has 1 heterocycles. The summed E-state index contributed by atoms with van der Waals surface area (Å²) in [5, 5.41) is 2.89. The Morgan fingerprint density at radius 3 is 2.77 bits per heavy atom. The molecule has 0 bridgehead atoms. The minimum atomic E-state index is -4.77. The van der Waals surface area contributed by atoms with Gasteiger partial charge in [0.25, 0.3) is 0 Å². The fraction of sp³-hybridized carbons (Fsp3) is 0.500. The van der Waals surface area contributed by atoms with E-state index in [1.54, 1.807) is 0 Å². The van der Waals surface area contributed by atoms with Gasteiger partial charge in [0.1, 0.15) is 5.02 Å². The third kappa shape index (κ3) is 2.19. The number of hydrogen-bond acceptors (Lipinski definition) is 3. The molecular weight excluding hydrogens is 219 g/mol. The molecule has 0 saturated heterocycles. The Labute approximate surface area is 80.5 Å². The van der Waals surface area contributed by atoms with Crippen LogP contribution < -0.4 is 0 Å². The number of aryl methyl sites for hydroxylation is 1. The third-order valence-corrected chi connectivity index (χ3v) is 2.70. The van der Waals surface area contributed by atoms with E-state index in [4.69, 9.17) is 11.6 Å². The van der Waals surface area contributed by atoms with Gasteiger partial charge in [-0.1, -0.05) is 22.4 Å². The molecule has 0 amide bonds. The molecular formula is C6H8ClFN2O2S. The van der Waals surface area contributed by atoms with Gasteiger partial charge < -0.3 is 0 Å². The quantitative estimate of drug-likeness (QED) is 0.736. The van der Waals surface area contributed by atoms with Crippen molar-refractivity contribution in [3.05, 3.63) is 11.2 Å². The van der Waals surface area contributed by atoms with Gasteiger partial charge in [-0.05, 0) is 6.42 Å². The lowest BCUT2D eigenvalue weighted by Crippen LogP contribution is -2.07. The maximum absolute atomic E-state index is 12.6. The SMILES string of the molecule is CCCn1ncc(Cl)c1S(=O)(=O)F. The summed E-state index contributed by atoms with van der Waals surface area (Å²) >= 11 is 5.46. The Kier molecular flexibility index (Phi) is 2.92. The summed E-state index contributed by atoms with van der Waals surface area (Å²) in [4.78, 5) is 0. The van der Waals surface area contributed by atoms with Crippen molar-refractivity contribution in [3.63, 3.8) is 0 Å². The fourth-order valence-electron chi connectivity index (χ4n) is 0.965. The highest BCUT2D eigenvalue weighted by Crippen LogP contribution is 2.22. The standard InChI is InChI=1S/C6H8ClFN2O2S/c1-2-3-10-6(13(8,11)12)5(7)4-9-10/h4H,2-3H2,1H3. The summed E-state index contributed by atoms with van der Waals surface area (Å²) in [6.45, 7) is 2.15. The monoisotopic (exact) mass is 226 g/mol. The number of rotatable bonds is 3. The molecule has 0 radical (unpaired) electrons. The van der Waals surface area contributed by atoms with E-state index in [2.05, 4.69) is 5.10 Å². The van der Waals surface area contributed by atoms with Crippen LogP contribution in [0.25, 0.3) is 0 Å². The second-order valence-electron chi connectivity index (χ2n) is 2.46. The maximum Gasteiger partial charge on any atom is 0.350 e. The van der Waals surface area contributed by atoms with Gasteiger partial charge in [0, 0.05) is 6.54 Å². The van der Waals surface area contributed by atoms with Crippen molar-refractivity contribution in [2.45, 2.75) is 24.9 Å². The van der Waals surface area contributed by atoms with Crippen molar-refractivity contribution in [1.29, 1.82) is 0 Å². The van der Waals surface area contributed by atoms with Gasteiger partial charge in [-0.2, -0.15) is 13.5 Å². The lowest BCUT2D eigenvalue weighted by molar-refractivity contribution is 0.506. The molecule has 0 spiro atoms. The van der Waals surface area contributed by atoms with Crippen molar-refractivity contribution < 1.29 is 12.3 Å². The fourth-order valence-corrected chi connectivity index (χ4v) is 2.06.